The second-order valence-electron chi connectivity index (χ2n) is 5.59. The fourth-order valence-electron chi connectivity index (χ4n) is 2.94. The van der Waals surface area contributed by atoms with Crippen molar-refractivity contribution in [1.29, 1.82) is 0 Å². The molecule has 0 bridgehead atoms. The van der Waals surface area contributed by atoms with Gasteiger partial charge in [0.05, 0.1) is 0 Å². The van der Waals surface area contributed by atoms with Crippen LogP contribution in [-0.2, 0) is 0 Å². The van der Waals surface area contributed by atoms with Crippen LogP contribution in [0.1, 0.15) is 54.4 Å². The molecule has 1 aromatic rings. The van der Waals surface area contributed by atoms with E-state index in [1.807, 2.05) is 31.2 Å². The minimum Gasteiger partial charge on any atom is -0.329 e. The summed E-state index contributed by atoms with van der Waals surface area (Å²) in [5, 5.41) is 0. The summed E-state index contributed by atoms with van der Waals surface area (Å²) in [7, 11) is 0. The Balaban J connectivity index is 2.25. The molecule has 98 valence electrons. The average molecular weight is 245 g/mol. The van der Waals surface area contributed by atoms with Gasteiger partial charge in [-0.3, -0.25) is 4.79 Å². The lowest BCUT2D eigenvalue weighted by Crippen LogP contribution is -2.38. The monoisotopic (exact) mass is 245 g/mol. The topological polar surface area (TPSA) is 43.1 Å². The maximum atomic E-state index is 12.7. The number of benzene rings is 1. The first-order valence-corrected chi connectivity index (χ1v) is 6.99. The molecule has 0 amide bonds. The zero-order valence-electron chi connectivity index (χ0n) is 11.2. The van der Waals surface area contributed by atoms with Crippen molar-refractivity contribution in [3.8, 4) is 0 Å². The predicted molar refractivity (Wildman–Crippen MR) is 74.7 cm³/mol. The molecule has 2 rings (SSSR count). The van der Waals surface area contributed by atoms with E-state index in [9.17, 15) is 4.79 Å². The van der Waals surface area contributed by atoms with Crippen LogP contribution >= 0.6 is 0 Å². The van der Waals surface area contributed by atoms with E-state index in [1.165, 1.54) is 18.4 Å². The summed E-state index contributed by atoms with van der Waals surface area (Å²) >= 11 is 0. The first-order valence-electron chi connectivity index (χ1n) is 6.99. The van der Waals surface area contributed by atoms with E-state index in [0.29, 0.717) is 6.54 Å². The van der Waals surface area contributed by atoms with Crippen molar-refractivity contribution >= 4 is 5.78 Å². The quantitative estimate of drug-likeness (QED) is 0.654. The predicted octanol–water partition coefficient (Wildman–Crippen LogP) is 3.48. The van der Waals surface area contributed by atoms with Gasteiger partial charge < -0.3 is 5.73 Å². The largest absolute Gasteiger partial charge is 0.329 e. The van der Waals surface area contributed by atoms with Crippen LogP contribution in [0.3, 0.4) is 0 Å². The fourth-order valence-corrected chi connectivity index (χ4v) is 2.94. The number of nitrogens with two attached hydrogens (primary N) is 1. The average Bonchev–Trinajstić information content (AvgIpc) is 2.65. The highest BCUT2D eigenvalue weighted by molar-refractivity contribution is 6.00. The molecule has 0 heterocycles. The molecule has 0 saturated heterocycles. The van der Waals surface area contributed by atoms with E-state index in [4.69, 9.17) is 5.73 Å². The van der Waals surface area contributed by atoms with Gasteiger partial charge in [-0.1, -0.05) is 55.5 Å². The Kier molecular flexibility index (Phi) is 4.18. The van der Waals surface area contributed by atoms with Crippen LogP contribution in [-0.4, -0.2) is 12.3 Å². The van der Waals surface area contributed by atoms with Crippen LogP contribution in [0.5, 0.6) is 0 Å². The molecule has 1 aromatic carbocycles. The molecule has 18 heavy (non-hydrogen) atoms. The molecule has 1 saturated carbocycles. The number of hydrogen-bond acceptors (Lipinski definition) is 2. The summed E-state index contributed by atoms with van der Waals surface area (Å²) in [6.07, 6.45) is 6.65. The molecule has 0 unspecified atom stereocenters. The minimum atomic E-state index is -0.300. The number of aryl methyl sites for hydroxylation is 1. The third-order valence-electron chi connectivity index (χ3n) is 4.25. The molecule has 1 aliphatic carbocycles. The van der Waals surface area contributed by atoms with E-state index in [1.54, 1.807) is 0 Å². The van der Waals surface area contributed by atoms with E-state index < -0.39 is 0 Å². The molecule has 2 N–H and O–H groups in total. The molecule has 0 radical (unpaired) electrons. The lowest BCUT2D eigenvalue weighted by atomic mass is 9.74. The summed E-state index contributed by atoms with van der Waals surface area (Å²) in [6, 6.07) is 7.90. The number of Topliss-reactive ketones (excluding diaryl/α,β-unsaturated/α-hetero) is 1. The van der Waals surface area contributed by atoms with Crippen molar-refractivity contribution in [2.75, 3.05) is 6.54 Å². The summed E-state index contributed by atoms with van der Waals surface area (Å²) in [6.45, 7) is 2.53. The zero-order chi connectivity index (χ0) is 13.0. The van der Waals surface area contributed by atoms with Crippen molar-refractivity contribution in [1.82, 2.24) is 0 Å². The van der Waals surface area contributed by atoms with Gasteiger partial charge in [0.25, 0.3) is 0 Å². The molecule has 1 aliphatic rings. The normalized spacial score (nSPS) is 19.2. The smallest absolute Gasteiger partial charge is 0.170 e. The number of rotatable bonds is 3. The molecule has 0 aliphatic heterocycles. The highest BCUT2D eigenvalue weighted by Crippen LogP contribution is 2.37. The molecule has 0 atom stereocenters. The van der Waals surface area contributed by atoms with Gasteiger partial charge in [0, 0.05) is 17.5 Å². The third-order valence-corrected chi connectivity index (χ3v) is 4.25. The van der Waals surface area contributed by atoms with Gasteiger partial charge in [-0.25, -0.2) is 0 Å². The van der Waals surface area contributed by atoms with E-state index in [0.717, 1.165) is 31.2 Å². The van der Waals surface area contributed by atoms with Gasteiger partial charge in [-0.2, -0.15) is 0 Å². The first-order chi connectivity index (χ1) is 8.68. The van der Waals surface area contributed by atoms with Gasteiger partial charge in [-0.15, -0.1) is 0 Å². The molecule has 0 aromatic heterocycles. The van der Waals surface area contributed by atoms with Crippen LogP contribution in [0.25, 0.3) is 0 Å². The maximum Gasteiger partial charge on any atom is 0.170 e. The molecule has 2 heteroatoms. The van der Waals surface area contributed by atoms with Crippen molar-refractivity contribution in [3.05, 3.63) is 35.4 Å². The van der Waals surface area contributed by atoms with E-state index in [-0.39, 0.29) is 11.2 Å². The van der Waals surface area contributed by atoms with Gasteiger partial charge in [0.1, 0.15) is 0 Å². The Hall–Kier alpha value is -1.15. The summed E-state index contributed by atoms with van der Waals surface area (Å²) in [4.78, 5) is 12.7. The summed E-state index contributed by atoms with van der Waals surface area (Å²) < 4.78 is 0. The van der Waals surface area contributed by atoms with Crippen molar-refractivity contribution in [2.45, 2.75) is 45.4 Å². The van der Waals surface area contributed by atoms with Gasteiger partial charge in [-0.05, 0) is 19.8 Å². The fraction of sp³-hybridized carbons (Fsp3) is 0.562. The summed E-state index contributed by atoms with van der Waals surface area (Å²) in [5.74, 6) is 0.256. The highest BCUT2D eigenvalue weighted by atomic mass is 16.1. The molecular weight excluding hydrogens is 222 g/mol. The van der Waals surface area contributed by atoms with Crippen LogP contribution in [0.15, 0.2) is 24.3 Å². The standard InChI is InChI=1S/C16H23NO/c1-13-6-8-14(9-7-13)15(18)16(12-17)10-4-2-3-5-11-16/h6-9H,2-5,10-12,17H2,1H3. The lowest BCUT2D eigenvalue weighted by Gasteiger charge is -2.29. The zero-order valence-corrected chi connectivity index (χ0v) is 11.2. The second-order valence-corrected chi connectivity index (χ2v) is 5.59. The Bertz CT molecular complexity index is 400. The van der Waals surface area contributed by atoms with Crippen LogP contribution in [0.2, 0.25) is 0 Å². The van der Waals surface area contributed by atoms with Crippen LogP contribution in [0, 0.1) is 12.3 Å². The summed E-state index contributed by atoms with van der Waals surface area (Å²) in [5.41, 5.74) is 7.67. The van der Waals surface area contributed by atoms with Crippen LogP contribution < -0.4 is 5.73 Å². The first kappa shape index (κ1) is 13.3. The molecule has 0 spiro atoms. The van der Waals surface area contributed by atoms with Crippen molar-refractivity contribution in [3.63, 3.8) is 0 Å². The Morgan fingerprint density at radius 3 is 2.17 bits per heavy atom. The van der Waals surface area contributed by atoms with Crippen LogP contribution in [0.4, 0.5) is 0 Å². The number of hydrogen-bond donors (Lipinski definition) is 1. The lowest BCUT2D eigenvalue weighted by molar-refractivity contribution is 0.0774. The molecule has 2 nitrogen and oxygen atoms in total. The molecule has 1 fully saturated rings. The second kappa shape index (κ2) is 5.66. The van der Waals surface area contributed by atoms with Crippen molar-refractivity contribution < 1.29 is 4.79 Å². The minimum absolute atomic E-state index is 0.256. The SMILES string of the molecule is Cc1ccc(C(=O)C2(CN)CCCCCC2)cc1. The highest BCUT2D eigenvalue weighted by Gasteiger charge is 2.37. The molecular formula is C16H23NO. The third kappa shape index (κ3) is 2.64. The Morgan fingerprint density at radius 1 is 1.11 bits per heavy atom. The van der Waals surface area contributed by atoms with E-state index in [2.05, 4.69) is 0 Å². The number of ketones is 1. The number of carbonyl (C=O) groups is 1. The van der Waals surface area contributed by atoms with Gasteiger partial charge >= 0.3 is 0 Å². The maximum absolute atomic E-state index is 12.7. The Labute approximate surface area is 110 Å². The van der Waals surface area contributed by atoms with Gasteiger partial charge in [0.2, 0.25) is 0 Å². The van der Waals surface area contributed by atoms with E-state index >= 15 is 0 Å². The van der Waals surface area contributed by atoms with Crippen molar-refractivity contribution in [2.24, 2.45) is 11.1 Å². The van der Waals surface area contributed by atoms with Gasteiger partial charge in [0.15, 0.2) is 5.78 Å². The number of carbonyl (C=O) groups excluding carboxylic acids is 1. The Morgan fingerprint density at radius 2 is 1.67 bits per heavy atom.